The number of halogens is 4. The molecule has 0 bridgehead atoms. The monoisotopic (exact) mass is 548 g/mol. The lowest BCUT2D eigenvalue weighted by Gasteiger charge is -2.33. The molecule has 0 N–H and O–H groups in total. The number of carbonyl (C=O) groups is 2. The molecule has 0 atom stereocenters. The number of alkyl halides is 3. The summed E-state index contributed by atoms with van der Waals surface area (Å²) in [6.45, 7) is 2.06. The molecule has 38 heavy (non-hydrogen) atoms. The fraction of sp³-hybridized carbons (Fsp3) is 0.429. The van der Waals surface area contributed by atoms with Crippen LogP contribution in [-0.4, -0.2) is 78.4 Å². The zero-order valence-corrected chi connectivity index (χ0v) is 22.5. The minimum atomic E-state index is -4.41. The van der Waals surface area contributed by atoms with Crippen molar-refractivity contribution in [3.05, 3.63) is 70.4 Å². The molecular weight excluding hydrogens is 517 g/mol. The average molecular weight is 549 g/mol. The van der Waals surface area contributed by atoms with Crippen LogP contribution in [-0.2, 0) is 17.5 Å². The van der Waals surface area contributed by atoms with Crippen molar-refractivity contribution in [2.45, 2.75) is 31.5 Å². The zero-order valence-electron chi connectivity index (χ0n) is 21.8. The van der Waals surface area contributed by atoms with Crippen LogP contribution >= 0.6 is 11.6 Å². The largest absolute Gasteiger partial charge is 0.416 e. The second-order valence-electron chi connectivity index (χ2n) is 10.1. The minimum Gasteiger partial charge on any atom is -0.343 e. The Morgan fingerprint density at radius 1 is 1.03 bits per heavy atom. The maximum Gasteiger partial charge on any atom is 0.416 e. The molecule has 2 heterocycles. The Morgan fingerprint density at radius 3 is 2.37 bits per heavy atom. The van der Waals surface area contributed by atoms with Crippen LogP contribution in [0.3, 0.4) is 0 Å². The molecular formula is C28H32ClF3N4O2. The summed E-state index contributed by atoms with van der Waals surface area (Å²) in [4.78, 5) is 31.8. The summed E-state index contributed by atoms with van der Waals surface area (Å²) < 4.78 is 42.3. The molecule has 1 aliphatic heterocycles. The normalized spacial score (nSPS) is 14.9. The van der Waals surface area contributed by atoms with Crippen LogP contribution in [0.5, 0.6) is 0 Å². The van der Waals surface area contributed by atoms with Gasteiger partial charge in [-0.05, 0) is 56.6 Å². The van der Waals surface area contributed by atoms with E-state index in [2.05, 4.69) is 0 Å². The van der Waals surface area contributed by atoms with Gasteiger partial charge in [-0.1, -0.05) is 35.9 Å². The van der Waals surface area contributed by atoms with E-state index >= 15 is 0 Å². The predicted molar refractivity (Wildman–Crippen MR) is 142 cm³/mol. The van der Waals surface area contributed by atoms with E-state index in [4.69, 9.17) is 11.6 Å². The van der Waals surface area contributed by atoms with Gasteiger partial charge in [-0.15, -0.1) is 0 Å². The number of benzene rings is 2. The van der Waals surface area contributed by atoms with Crippen LogP contribution in [0.15, 0.2) is 48.7 Å². The lowest BCUT2D eigenvalue weighted by molar-refractivity contribution is -0.138. The molecule has 0 spiro atoms. The molecule has 0 aliphatic carbocycles. The van der Waals surface area contributed by atoms with E-state index in [-0.39, 0.29) is 29.8 Å². The van der Waals surface area contributed by atoms with Crippen LogP contribution in [0.2, 0.25) is 5.02 Å². The van der Waals surface area contributed by atoms with Crippen LogP contribution in [0, 0.1) is 0 Å². The van der Waals surface area contributed by atoms with Crippen LogP contribution in [0.25, 0.3) is 10.9 Å². The van der Waals surface area contributed by atoms with Gasteiger partial charge in [0.15, 0.2) is 0 Å². The number of piperidine rings is 1. The lowest BCUT2D eigenvalue weighted by atomic mass is 9.86. The maximum atomic E-state index is 13.6. The van der Waals surface area contributed by atoms with Crippen molar-refractivity contribution in [3.8, 4) is 0 Å². The molecule has 3 aromatic rings. The summed E-state index contributed by atoms with van der Waals surface area (Å²) in [6.07, 6.45) is -1.84. The zero-order chi connectivity index (χ0) is 27.6. The molecule has 1 saturated heterocycles. The number of nitrogens with zero attached hydrogens (tertiary/aromatic N) is 4. The fourth-order valence-electron chi connectivity index (χ4n) is 4.98. The number of amides is 2. The van der Waals surface area contributed by atoms with E-state index in [0.717, 1.165) is 12.6 Å². The SMILES string of the molecule is CN(C)CCN(C)C(=O)Cn1cc(C(=O)N2CCC(c3ccccc3C(F)(F)F)CC2)c2ccc(Cl)cc21. The van der Waals surface area contributed by atoms with Crippen molar-refractivity contribution < 1.29 is 22.8 Å². The first kappa shape index (κ1) is 28.0. The van der Waals surface area contributed by atoms with Gasteiger partial charge in [-0.25, -0.2) is 0 Å². The Kier molecular flexibility index (Phi) is 8.37. The third-order valence-corrected chi connectivity index (χ3v) is 7.41. The summed E-state index contributed by atoms with van der Waals surface area (Å²) in [5.74, 6) is -0.564. The van der Waals surface area contributed by atoms with Crippen molar-refractivity contribution in [1.82, 2.24) is 19.3 Å². The van der Waals surface area contributed by atoms with Crippen molar-refractivity contribution in [2.24, 2.45) is 0 Å². The van der Waals surface area contributed by atoms with Gasteiger partial charge in [-0.2, -0.15) is 13.2 Å². The van der Waals surface area contributed by atoms with Gasteiger partial charge in [0.05, 0.1) is 16.6 Å². The Hall–Kier alpha value is -3.04. The Balaban J connectivity index is 1.52. The van der Waals surface area contributed by atoms with E-state index in [1.807, 2.05) is 19.0 Å². The number of hydrogen-bond donors (Lipinski definition) is 0. The Morgan fingerprint density at radius 2 is 1.71 bits per heavy atom. The van der Waals surface area contributed by atoms with Gasteiger partial charge in [-0.3, -0.25) is 9.59 Å². The third kappa shape index (κ3) is 6.15. The predicted octanol–water partition coefficient (Wildman–Crippen LogP) is 5.35. The molecule has 10 heteroatoms. The highest BCUT2D eigenvalue weighted by molar-refractivity contribution is 6.31. The second kappa shape index (κ2) is 11.4. The van der Waals surface area contributed by atoms with Gasteiger partial charge in [0, 0.05) is 49.8 Å². The highest BCUT2D eigenvalue weighted by atomic mass is 35.5. The number of hydrogen-bond acceptors (Lipinski definition) is 3. The summed E-state index contributed by atoms with van der Waals surface area (Å²) in [6, 6.07) is 10.9. The molecule has 1 fully saturated rings. The number of fused-ring (bicyclic) bond motifs is 1. The first-order chi connectivity index (χ1) is 18.0. The number of likely N-dealkylation sites (N-methyl/N-ethyl adjacent to an activating group) is 2. The minimum absolute atomic E-state index is 0.0599. The van der Waals surface area contributed by atoms with Crippen molar-refractivity contribution >= 4 is 34.3 Å². The van der Waals surface area contributed by atoms with Gasteiger partial charge >= 0.3 is 6.18 Å². The van der Waals surface area contributed by atoms with Crippen LogP contribution in [0.1, 0.15) is 40.2 Å². The smallest absolute Gasteiger partial charge is 0.343 e. The molecule has 4 rings (SSSR count). The fourth-order valence-corrected chi connectivity index (χ4v) is 5.15. The second-order valence-corrected chi connectivity index (χ2v) is 10.5. The molecule has 2 aromatic carbocycles. The maximum absolute atomic E-state index is 13.6. The first-order valence-electron chi connectivity index (χ1n) is 12.6. The number of aromatic nitrogens is 1. The molecule has 0 saturated carbocycles. The molecule has 0 radical (unpaired) electrons. The van der Waals surface area contributed by atoms with E-state index in [0.29, 0.717) is 54.0 Å². The van der Waals surface area contributed by atoms with E-state index < -0.39 is 11.7 Å². The first-order valence-corrected chi connectivity index (χ1v) is 13.0. The topological polar surface area (TPSA) is 48.8 Å². The van der Waals surface area contributed by atoms with Crippen LogP contribution < -0.4 is 0 Å². The Labute approximate surface area is 225 Å². The van der Waals surface area contributed by atoms with E-state index in [1.165, 1.54) is 12.1 Å². The Bertz CT molecular complexity index is 1310. The summed E-state index contributed by atoms with van der Waals surface area (Å²) in [7, 11) is 5.63. The molecule has 1 aromatic heterocycles. The molecule has 0 unspecified atom stereocenters. The van der Waals surface area contributed by atoms with Gasteiger partial charge in [0.1, 0.15) is 6.54 Å². The summed E-state index contributed by atoms with van der Waals surface area (Å²) >= 11 is 6.24. The third-order valence-electron chi connectivity index (χ3n) is 7.18. The highest BCUT2D eigenvalue weighted by Gasteiger charge is 2.36. The van der Waals surface area contributed by atoms with Gasteiger partial charge < -0.3 is 19.3 Å². The molecule has 1 aliphatic rings. The highest BCUT2D eigenvalue weighted by Crippen LogP contribution is 2.39. The quantitative estimate of drug-likeness (QED) is 0.400. The van der Waals surface area contributed by atoms with Crippen molar-refractivity contribution in [3.63, 3.8) is 0 Å². The lowest BCUT2D eigenvalue weighted by Crippen LogP contribution is -2.38. The van der Waals surface area contributed by atoms with Crippen molar-refractivity contribution in [1.29, 1.82) is 0 Å². The van der Waals surface area contributed by atoms with E-state index in [9.17, 15) is 22.8 Å². The summed E-state index contributed by atoms with van der Waals surface area (Å²) in [5, 5.41) is 1.18. The number of likely N-dealkylation sites (tertiary alicyclic amines) is 1. The van der Waals surface area contributed by atoms with Gasteiger partial charge in [0.2, 0.25) is 5.91 Å². The average Bonchev–Trinajstić information content (AvgIpc) is 3.23. The van der Waals surface area contributed by atoms with Gasteiger partial charge in [0.25, 0.3) is 5.91 Å². The van der Waals surface area contributed by atoms with Crippen LogP contribution in [0.4, 0.5) is 13.2 Å². The van der Waals surface area contributed by atoms with E-state index in [1.54, 1.807) is 51.9 Å². The number of carbonyl (C=O) groups excluding carboxylic acids is 2. The molecule has 6 nitrogen and oxygen atoms in total. The number of rotatable bonds is 7. The molecule has 2 amide bonds. The molecule has 204 valence electrons. The van der Waals surface area contributed by atoms with Crippen molar-refractivity contribution in [2.75, 3.05) is 47.3 Å². The standard InChI is InChI=1S/C28H32ClF3N4O2/c1-33(2)14-15-34(3)26(37)18-36-17-23(22-9-8-20(29)16-25(22)36)27(38)35-12-10-19(11-13-35)21-6-4-5-7-24(21)28(30,31)32/h4-9,16-17,19H,10-15,18H2,1-3H3. The summed E-state index contributed by atoms with van der Waals surface area (Å²) in [5.41, 5.74) is 0.818.